The second kappa shape index (κ2) is 7.62. The van der Waals surface area contributed by atoms with Gasteiger partial charge in [0.25, 0.3) is 0 Å². The van der Waals surface area contributed by atoms with Gasteiger partial charge < -0.3 is 10.4 Å². The first-order valence-electron chi connectivity index (χ1n) is 7.05. The molecule has 2 N–H and O–H groups in total. The zero-order valence-corrected chi connectivity index (χ0v) is 12.3. The van der Waals surface area contributed by atoms with Crippen molar-refractivity contribution >= 4 is 17.5 Å². The van der Waals surface area contributed by atoms with Crippen LogP contribution in [0.5, 0.6) is 0 Å². The number of rotatable bonds is 6. The summed E-state index contributed by atoms with van der Waals surface area (Å²) in [5.41, 5.74) is 1.16. The Labute approximate surface area is 124 Å². The topological polar surface area (TPSA) is 52.6 Å². The van der Waals surface area contributed by atoms with Gasteiger partial charge in [0, 0.05) is 17.6 Å². The summed E-state index contributed by atoms with van der Waals surface area (Å²) in [6.07, 6.45) is 2.84. The highest BCUT2D eigenvalue weighted by Crippen LogP contribution is 2.15. The van der Waals surface area contributed by atoms with Crippen molar-refractivity contribution in [3.63, 3.8) is 0 Å². The molecule has 0 spiro atoms. The van der Waals surface area contributed by atoms with Crippen LogP contribution in [0.1, 0.15) is 18.4 Å². The first kappa shape index (κ1) is 15.3. The second-order valence-corrected chi connectivity index (χ2v) is 5.61. The van der Waals surface area contributed by atoms with E-state index in [1.54, 1.807) is 0 Å². The molecule has 2 rings (SSSR count). The highest BCUT2D eigenvalue weighted by atomic mass is 35.5. The molecule has 4 nitrogen and oxygen atoms in total. The molecule has 20 heavy (non-hydrogen) atoms. The molecular formula is C15H21ClN2O2. The fourth-order valence-corrected chi connectivity index (χ4v) is 2.67. The lowest BCUT2D eigenvalue weighted by molar-refractivity contribution is -0.122. The summed E-state index contributed by atoms with van der Waals surface area (Å²) in [5, 5.41) is 12.9. The maximum Gasteiger partial charge on any atom is 0.234 e. The molecule has 1 aliphatic rings. The molecular weight excluding hydrogens is 276 g/mol. The highest BCUT2D eigenvalue weighted by molar-refractivity contribution is 6.30. The molecule has 0 saturated carbocycles. The van der Waals surface area contributed by atoms with E-state index in [1.807, 2.05) is 24.3 Å². The summed E-state index contributed by atoms with van der Waals surface area (Å²) in [6.45, 7) is 2.04. The number of amides is 1. The lowest BCUT2D eigenvalue weighted by Crippen LogP contribution is -2.41. The maximum atomic E-state index is 11.8. The fraction of sp³-hybridized carbons (Fsp3) is 0.533. The quantitative estimate of drug-likeness (QED) is 0.835. The van der Waals surface area contributed by atoms with Gasteiger partial charge in [-0.25, -0.2) is 0 Å². The van der Waals surface area contributed by atoms with E-state index in [1.165, 1.54) is 0 Å². The summed E-state index contributed by atoms with van der Waals surface area (Å²) in [5.74, 6) is 0.0271. The Bertz CT molecular complexity index is 436. The van der Waals surface area contributed by atoms with Crippen LogP contribution in [0, 0.1) is 0 Å². The highest BCUT2D eigenvalue weighted by Gasteiger charge is 2.25. The number of aliphatic hydroxyl groups excluding tert-OH is 1. The lowest BCUT2D eigenvalue weighted by Gasteiger charge is -2.21. The summed E-state index contributed by atoms with van der Waals surface area (Å²) in [6, 6.07) is 7.80. The third-order valence-electron chi connectivity index (χ3n) is 3.71. The van der Waals surface area contributed by atoms with E-state index in [2.05, 4.69) is 10.2 Å². The van der Waals surface area contributed by atoms with Gasteiger partial charge in [-0.05, 0) is 43.5 Å². The largest absolute Gasteiger partial charge is 0.395 e. The molecule has 0 bridgehead atoms. The third kappa shape index (κ3) is 4.47. The van der Waals surface area contributed by atoms with Crippen LogP contribution in [0.15, 0.2) is 24.3 Å². The van der Waals surface area contributed by atoms with Crippen molar-refractivity contribution in [1.29, 1.82) is 0 Å². The standard InChI is InChI=1S/C15H21ClN2O2/c16-13-5-3-12(4-6-13)7-8-17-15(20)10-18-9-1-2-14(18)11-19/h3-6,14,19H,1-2,7-11H2,(H,17,20). The SMILES string of the molecule is O=C(CN1CCCC1CO)NCCc1ccc(Cl)cc1. The van der Waals surface area contributed by atoms with E-state index in [-0.39, 0.29) is 18.6 Å². The van der Waals surface area contributed by atoms with E-state index in [0.717, 1.165) is 36.4 Å². The maximum absolute atomic E-state index is 11.8. The molecule has 110 valence electrons. The Balaban J connectivity index is 1.68. The van der Waals surface area contributed by atoms with Crippen LogP contribution in [0.3, 0.4) is 0 Å². The predicted octanol–water partition coefficient (Wildman–Crippen LogP) is 1.46. The van der Waals surface area contributed by atoms with Crippen molar-refractivity contribution < 1.29 is 9.90 Å². The smallest absolute Gasteiger partial charge is 0.234 e. The number of aliphatic hydroxyl groups is 1. The molecule has 1 aromatic carbocycles. The van der Waals surface area contributed by atoms with Crippen LogP contribution >= 0.6 is 11.6 Å². The van der Waals surface area contributed by atoms with E-state index >= 15 is 0 Å². The number of carbonyl (C=O) groups excluding carboxylic acids is 1. The average Bonchev–Trinajstić information content (AvgIpc) is 2.88. The van der Waals surface area contributed by atoms with Crippen molar-refractivity contribution in [3.05, 3.63) is 34.9 Å². The number of benzene rings is 1. The van der Waals surface area contributed by atoms with E-state index in [0.29, 0.717) is 13.1 Å². The molecule has 1 aliphatic heterocycles. The molecule has 1 unspecified atom stereocenters. The van der Waals surface area contributed by atoms with Crippen LogP contribution in [-0.4, -0.2) is 48.2 Å². The van der Waals surface area contributed by atoms with Gasteiger partial charge in [-0.2, -0.15) is 0 Å². The minimum atomic E-state index is 0.0271. The minimum Gasteiger partial charge on any atom is -0.395 e. The van der Waals surface area contributed by atoms with Crippen LogP contribution in [-0.2, 0) is 11.2 Å². The predicted molar refractivity (Wildman–Crippen MR) is 79.8 cm³/mol. The number of carbonyl (C=O) groups is 1. The molecule has 0 aromatic heterocycles. The first-order valence-corrected chi connectivity index (χ1v) is 7.43. The Hall–Kier alpha value is -1.10. The summed E-state index contributed by atoms with van der Waals surface area (Å²) < 4.78 is 0. The first-order chi connectivity index (χ1) is 9.69. The molecule has 1 amide bonds. The molecule has 5 heteroatoms. The van der Waals surface area contributed by atoms with Gasteiger partial charge in [-0.15, -0.1) is 0 Å². The van der Waals surface area contributed by atoms with Gasteiger partial charge in [-0.3, -0.25) is 9.69 Å². The Kier molecular flexibility index (Phi) is 5.83. The molecule has 1 aromatic rings. The monoisotopic (exact) mass is 296 g/mol. The Morgan fingerprint density at radius 2 is 2.15 bits per heavy atom. The number of nitrogens with one attached hydrogen (secondary N) is 1. The number of likely N-dealkylation sites (tertiary alicyclic amines) is 1. The lowest BCUT2D eigenvalue weighted by atomic mass is 10.1. The molecule has 0 aliphatic carbocycles. The molecule has 1 atom stereocenters. The van der Waals surface area contributed by atoms with E-state index in [4.69, 9.17) is 11.6 Å². The summed E-state index contributed by atoms with van der Waals surface area (Å²) >= 11 is 5.82. The van der Waals surface area contributed by atoms with Crippen LogP contribution in [0.2, 0.25) is 5.02 Å². The Morgan fingerprint density at radius 3 is 2.85 bits per heavy atom. The van der Waals surface area contributed by atoms with Crippen LogP contribution in [0.25, 0.3) is 0 Å². The minimum absolute atomic E-state index is 0.0271. The fourth-order valence-electron chi connectivity index (χ4n) is 2.55. The third-order valence-corrected chi connectivity index (χ3v) is 3.96. The average molecular weight is 297 g/mol. The normalized spacial score (nSPS) is 19.2. The molecule has 1 fully saturated rings. The van der Waals surface area contributed by atoms with Gasteiger partial charge in [0.15, 0.2) is 0 Å². The van der Waals surface area contributed by atoms with E-state index in [9.17, 15) is 9.90 Å². The van der Waals surface area contributed by atoms with Crippen molar-refractivity contribution in [2.75, 3.05) is 26.2 Å². The van der Waals surface area contributed by atoms with Gasteiger partial charge >= 0.3 is 0 Å². The molecule has 1 saturated heterocycles. The van der Waals surface area contributed by atoms with E-state index < -0.39 is 0 Å². The van der Waals surface area contributed by atoms with Gasteiger partial charge in [0.05, 0.1) is 13.2 Å². The number of halogens is 1. The van der Waals surface area contributed by atoms with Crippen LogP contribution < -0.4 is 5.32 Å². The van der Waals surface area contributed by atoms with Crippen LogP contribution in [0.4, 0.5) is 0 Å². The second-order valence-electron chi connectivity index (χ2n) is 5.18. The van der Waals surface area contributed by atoms with Gasteiger partial charge in [0.1, 0.15) is 0 Å². The summed E-state index contributed by atoms with van der Waals surface area (Å²) in [4.78, 5) is 13.9. The molecule has 0 radical (unpaired) electrons. The number of nitrogens with zero attached hydrogens (tertiary/aromatic N) is 1. The molecule has 1 heterocycles. The summed E-state index contributed by atoms with van der Waals surface area (Å²) in [7, 11) is 0. The van der Waals surface area contributed by atoms with Gasteiger partial charge in [0.2, 0.25) is 5.91 Å². The Morgan fingerprint density at radius 1 is 1.40 bits per heavy atom. The van der Waals surface area contributed by atoms with Crippen molar-refractivity contribution in [1.82, 2.24) is 10.2 Å². The number of hydrogen-bond donors (Lipinski definition) is 2. The van der Waals surface area contributed by atoms with Gasteiger partial charge in [-0.1, -0.05) is 23.7 Å². The van der Waals surface area contributed by atoms with Crippen molar-refractivity contribution in [3.8, 4) is 0 Å². The zero-order valence-electron chi connectivity index (χ0n) is 11.5. The number of hydrogen-bond acceptors (Lipinski definition) is 3. The zero-order chi connectivity index (χ0) is 14.4. The van der Waals surface area contributed by atoms with Crippen molar-refractivity contribution in [2.24, 2.45) is 0 Å². The van der Waals surface area contributed by atoms with Crippen molar-refractivity contribution in [2.45, 2.75) is 25.3 Å².